The van der Waals surface area contributed by atoms with Gasteiger partial charge < -0.3 is 33.6 Å². The topological polar surface area (TPSA) is 87.0 Å². The van der Waals surface area contributed by atoms with Crippen molar-refractivity contribution in [1.82, 2.24) is 19.4 Å². The maximum atomic E-state index is 13.9. The SMILES string of the molecule is C=C.COc1ccc(C(=O)N(C)[C@@H]2C[C@H]3O[C@@H]([C@@H]2OC)n2c4ccccc4c4c5c(c6c7ccccc7n3c6c42)C(=O)NC5)cc1.[HH]. The molecule has 3 aliphatic rings. The summed E-state index contributed by atoms with van der Waals surface area (Å²) in [6, 6.07) is 23.4. The fourth-order valence-electron chi connectivity index (χ4n) is 8.01. The minimum Gasteiger partial charge on any atom is -0.497 e. The number of nitrogens with zero attached hydrogens (tertiary/aromatic N) is 3. The van der Waals surface area contributed by atoms with E-state index in [0.717, 1.165) is 54.7 Å². The molecule has 4 atom stereocenters. The molecule has 0 radical (unpaired) electrons. The Morgan fingerprint density at radius 1 is 0.935 bits per heavy atom. The molecule has 234 valence electrons. The molecule has 0 aliphatic carbocycles. The molecule has 46 heavy (non-hydrogen) atoms. The summed E-state index contributed by atoms with van der Waals surface area (Å²) in [5, 5.41) is 7.21. The number of fused-ring (bicyclic) bond motifs is 13. The normalized spacial score (nSPS) is 21.2. The predicted molar refractivity (Wildman–Crippen MR) is 180 cm³/mol. The average Bonchev–Trinajstić information content (AvgIpc) is 3.75. The zero-order valence-electron chi connectivity index (χ0n) is 25.9. The molecule has 2 aromatic heterocycles. The lowest BCUT2D eigenvalue weighted by Crippen LogP contribution is -2.53. The quantitative estimate of drug-likeness (QED) is 0.221. The van der Waals surface area contributed by atoms with Crippen LogP contribution in [0, 0.1) is 0 Å². The number of carbonyl (C=O) groups is 2. The van der Waals surface area contributed by atoms with Gasteiger partial charge in [0, 0.05) is 55.7 Å². The Labute approximate surface area is 267 Å². The summed E-state index contributed by atoms with van der Waals surface area (Å²) in [6.45, 7) is 6.47. The minimum atomic E-state index is -0.526. The molecule has 1 N–H and O–H groups in total. The Hall–Kier alpha value is -5.12. The van der Waals surface area contributed by atoms with Crippen LogP contribution in [0.15, 0.2) is 86.0 Å². The number of para-hydroxylation sites is 2. The summed E-state index contributed by atoms with van der Waals surface area (Å²) < 4.78 is 23.2. The number of carbonyl (C=O) groups excluding carboxylic acids is 2. The van der Waals surface area contributed by atoms with E-state index in [1.807, 2.05) is 31.3 Å². The van der Waals surface area contributed by atoms with Gasteiger partial charge in [-0.3, -0.25) is 9.59 Å². The fourth-order valence-corrected chi connectivity index (χ4v) is 8.01. The van der Waals surface area contributed by atoms with Crippen LogP contribution in [-0.4, -0.2) is 59.3 Å². The van der Waals surface area contributed by atoms with Crippen LogP contribution in [0.5, 0.6) is 5.75 Å². The zero-order valence-corrected chi connectivity index (χ0v) is 25.9. The van der Waals surface area contributed by atoms with Crippen LogP contribution in [0.25, 0.3) is 43.6 Å². The van der Waals surface area contributed by atoms with Crippen LogP contribution in [-0.2, 0) is 16.0 Å². The lowest BCUT2D eigenvalue weighted by molar-refractivity contribution is -0.203. The fraction of sp³-hybridized carbons (Fsp3) is 0.243. The Balaban J connectivity index is 0.00000115. The molecule has 5 heterocycles. The van der Waals surface area contributed by atoms with Gasteiger partial charge in [0.25, 0.3) is 11.8 Å². The number of hydrogen-bond donors (Lipinski definition) is 1. The number of aromatic nitrogens is 2. The molecular weight excluding hydrogens is 580 g/mol. The van der Waals surface area contributed by atoms with Crippen molar-refractivity contribution in [3.05, 3.63) is 103 Å². The smallest absolute Gasteiger partial charge is 0.253 e. The number of methoxy groups -OCH3 is 2. The van der Waals surface area contributed by atoms with Crippen LogP contribution >= 0.6 is 0 Å². The second kappa shape index (κ2) is 10.5. The highest BCUT2D eigenvalue weighted by atomic mass is 16.6. The Bertz CT molecular complexity index is 2220. The van der Waals surface area contributed by atoms with Crippen LogP contribution in [0.4, 0.5) is 0 Å². The maximum absolute atomic E-state index is 13.9. The maximum Gasteiger partial charge on any atom is 0.253 e. The molecule has 4 aromatic carbocycles. The molecule has 2 bridgehead atoms. The third-order valence-electron chi connectivity index (χ3n) is 9.92. The number of likely N-dealkylation sites (N-methyl/N-ethyl adjacent to an activating group) is 1. The van der Waals surface area contributed by atoms with E-state index in [2.05, 4.69) is 51.9 Å². The number of benzene rings is 4. The van der Waals surface area contributed by atoms with Gasteiger partial charge in [-0.05, 0) is 42.0 Å². The first-order chi connectivity index (χ1) is 22.5. The van der Waals surface area contributed by atoms with Crippen LogP contribution in [0.2, 0.25) is 0 Å². The third-order valence-corrected chi connectivity index (χ3v) is 9.92. The van der Waals surface area contributed by atoms with Crippen molar-refractivity contribution >= 4 is 55.4 Å². The highest BCUT2D eigenvalue weighted by Crippen LogP contribution is 2.52. The first-order valence-corrected chi connectivity index (χ1v) is 15.4. The molecule has 0 saturated carbocycles. The van der Waals surface area contributed by atoms with Gasteiger partial charge in [-0.2, -0.15) is 0 Å². The first kappa shape index (κ1) is 28.4. The van der Waals surface area contributed by atoms with E-state index in [0.29, 0.717) is 24.3 Å². The van der Waals surface area contributed by atoms with Gasteiger partial charge in [-0.1, -0.05) is 36.4 Å². The molecule has 0 spiro atoms. The summed E-state index contributed by atoms with van der Waals surface area (Å²) in [6.07, 6.45) is -0.887. The molecule has 3 aliphatic heterocycles. The molecule has 9 rings (SSSR count). The molecule has 9 heteroatoms. The highest BCUT2D eigenvalue weighted by Gasteiger charge is 2.48. The van der Waals surface area contributed by atoms with Crippen LogP contribution in [0.1, 0.15) is 46.6 Å². The number of amides is 2. The van der Waals surface area contributed by atoms with Crippen molar-refractivity contribution in [3.8, 4) is 5.75 Å². The Kier molecular flexibility index (Phi) is 6.46. The number of hydrogen-bond acceptors (Lipinski definition) is 5. The molecule has 1 fully saturated rings. The summed E-state index contributed by atoms with van der Waals surface area (Å²) in [5.74, 6) is 0.546. The summed E-state index contributed by atoms with van der Waals surface area (Å²) in [4.78, 5) is 29.2. The second-order valence-electron chi connectivity index (χ2n) is 11.9. The average molecular weight is 617 g/mol. The number of rotatable bonds is 4. The van der Waals surface area contributed by atoms with Crippen molar-refractivity contribution in [3.63, 3.8) is 0 Å². The van der Waals surface area contributed by atoms with E-state index in [4.69, 9.17) is 14.2 Å². The molecule has 6 aromatic rings. The van der Waals surface area contributed by atoms with Gasteiger partial charge in [0.1, 0.15) is 18.1 Å². The zero-order chi connectivity index (χ0) is 31.9. The highest BCUT2D eigenvalue weighted by molar-refractivity contribution is 6.30. The molecule has 9 nitrogen and oxygen atoms in total. The summed E-state index contributed by atoms with van der Waals surface area (Å²) >= 11 is 0. The second-order valence-corrected chi connectivity index (χ2v) is 11.9. The Morgan fingerprint density at radius 2 is 1.57 bits per heavy atom. The number of nitrogens with one attached hydrogen (secondary N) is 1. The largest absolute Gasteiger partial charge is 0.497 e. The van der Waals surface area contributed by atoms with Gasteiger partial charge in [0.2, 0.25) is 0 Å². The number of ether oxygens (including phenoxy) is 3. The first-order valence-electron chi connectivity index (χ1n) is 15.4. The Morgan fingerprint density at radius 3 is 2.24 bits per heavy atom. The molecule has 1 saturated heterocycles. The molecule has 2 amide bonds. The van der Waals surface area contributed by atoms with Crippen molar-refractivity contribution in [2.75, 3.05) is 21.3 Å². The van der Waals surface area contributed by atoms with Gasteiger partial charge >= 0.3 is 0 Å². The van der Waals surface area contributed by atoms with Gasteiger partial charge in [-0.15, -0.1) is 13.2 Å². The predicted octanol–water partition coefficient (Wildman–Crippen LogP) is 6.79. The van der Waals surface area contributed by atoms with Crippen molar-refractivity contribution in [2.45, 2.75) is 37.6 Å². The lowest BCUT2D eigenvalue weighted by Gasteiger charge is -2.44. The monoisotopic (exact) mass is 616 g/mol. The molecule has 0 unspecified atom stereocenters. The summed E-state index contributed by atoms with van der Waals surface area (Å²) in [5.41, 5.74) is 6.36. The van der Waals surface area contributed by atoms with Gasteiger partial charge in [0.05, 0.1) is 40.8 Å². The van der Waals surface area contributed by atoms with E-state index in [1.165, 1.54) is 0 Å². The van der Waals surface area contributed by atoms with E-state index in [-0.39, 0.29) is 19.3 Å². The van der Waals surface area contributed by atoms with E-state index >= 15 is 0 Å². The van der Waals surface area contributed by atoms with Crippen molar-refractivity contribution in [1.29, 1.82) is 0 Å². The van der Waals surface area contributed by atoms with Crippen molar-refractivity contribution < 1.29 is 25.2 Å². The standard InChI is InChI=1S/C35H30N4O5.C2H4.H2/c1-37(34(41)18-12-14-19(42-2)15-13-18)25-16-26-38-23-10-6-5-9-21(23)28-29-22(17-36-33(29)40)27-20-8-4-7-11-24(20)39(30(27)31(28)38)35(44-26)32(25)43-3;1-2;/h4-15,25-26,32,35H,16-17H2,1-3H3,(H,36,40);1-2H2;1H/t25-,26-,32-,35+;;/m1../s1. The van der Waals surface area contributed by atoms with E-state index in [1.54, 1.807) is 43.4 Å². The third kappa shape index (κ3) is 3.64. The van der Waals surface area contributed by atoms with Crippen LogP contribution < -0.4 is 10.1 Å². The van der Waals surface area contributed by atoms with Crippen molar-refractivity contribution in [2.24, 2.45) is 0 Å². The minimum absolute atomic E-state index is 0. The lowest BCUT2D eigenvalue weighted by atomic mass is 9.97. The van der Waals surface area contributed by atoms with E-state index in [9.17, 15) is 9.59 Å². The van der Waals surface area contributed by atoms with E-state index < -0.39 is 18.6 Å². The molecular formula is C37H36N4O5. The van der Waals surface area contributed by atoms with Crippen LogP contribution in [0.3, 0.4) is 0 Å². The van der Waals surface area contributed by atoms with Gasteiger partial charge in [-0.25, -0.2) is 0 Å². The van der Waals surface area contributed by atoms with Gasteiger partial charge in [0.15, 0.2) is 6.23 Å². The summed E-state index contributed by atoms with van der Waals surface area (Å²) in [7, 11) is 5.15.